The molecule has 0 bridgehead atoms. The molecule has 1 unspecified atom stereocenters. The number of aromatic amines is 1. The van der Waals surface area contributed by atoms with Crippen molar-refractivity contribution in [1.29, 1.82) is 0 Å². The van der Waals surface area contributed by atoms with Crippen LogP contribution in [0.2, 0.25) is 5.02 Å². The van der Waals surface area contributed by atoms with Gasteiger partial charge in [0.15, 0.2) is 5.65 Å². The molecule has 5 rings (SSSR count). The number of rotatable bonds is 5. The molecule has 0 spiro atoms. The number of nitrogens with zero attached hydrogens (tertiary/aromatic N) is 4. The molecule has 0 amide bonds. The number of pyridine rings is 1. The molecule has 0 saturated heterocycles. The summed E-state index contributed by atoms with van der Waals surface area (Å²) in [5, 5.41) is 22.6. The lowest BCUT2D eigenvalue weighted by atomic mass is 9.93. The first-order chi connectivity index (χ1) is 16.0. The van der Waals surface area contributed by atoms with Crippen LogP contribution >= 0.6 is 11.6 Å². The Labute approximate surface area is 195 Å². The van der Waals surface area contributed by atoms with Crippen LogP contribution < -0.4 is 4.74 Å². The molecule has 33 heavy (non-hydrogen) atoms. The van der Waals surface area contributed by atoms with E-state index in [4.69, 9.17) is 16.3 Å². The maximum atomic E-state index is 14.2. The number of benzene rings is 1. The van der Waals surface area contributed by atoms with Crippen LogP contribution in [-0.2, 0) is 0 Å². The van der Waals surface area contributed by atoms with Gasteiger partial charge in [0.2, 0.25) is 0 Å². The van der Waals surface area contributed by atoms with Crippen molar-refractivity contribution in [2.24, 2.45) is 0 Å². The Morgan fingerprint density at radius 1 is 1.21 bits per heavy atom. The van der Waals surface area contributed by atoms with E-state index < -0.39 is 5.82 Å². The van der Waals surface area contributed by atoms with Gasteiger partial charge in [-0.3, -0.25) is 9.78 Å². The van der Waals surface area contributed by atoms with E-state index in [1.165, 1.54) is 13.2 Å². The van der Waals surface area contributed by atoms with E-state index in [1.807, 2.05) is 30.1 Å². The molecule has 1 aliphatic rings. The average Bonchev–Trinajstić information content (AvgIpc) is 3.48. The molecule has 1 fully saturated rings. The maximum absolute atomic E-state index is 14.2. The molecule has 0 aliphatic heterocycles. The second kappa shape index (κ2) is 8.76. The topological polar surface area (TPSA) is 88.9 Å². The van der Waals surface area contributed by atoms with E-state index in [-0.39, 0.29) is 17.0 Å². The van der Waals surface area contributed by atoms with E-state index in [2.05, 4.69) is 20.3 Å². The lowest BCUT2D eigenvalue weighted by Gasteiger charge is -2.25. The predicted octanol–water partition coefficient (Wildman–Crippen LogP) is 5.25. The highest BCUT2D eigenvalue weighted by Crippen LogP contribution is 2.40. The fourth-order valence-electron chi connectivity index (χ4n) is 4.69. The predicted molar refractivity (Wildman–Crippen MR) is 124 cm³/mol. The molecule has 9 heteroatoms. The first kappa shape index (κ1) is 21.9. The summed E-state index contributed by atoms with van der Waals surface area (Å²) >= 11 is 6.32. The molecule has 4 aromatic rings. The number of aromatic nitrogens is 5. The van der Waals surface area contributed by atoms with Crippen LogP contribution in [-0.4, -0.2) is 43.3 Å². The summed E-state index contributed by atoms with van der Waals surface area (Å²) in [6.07, 6.45) is 8.89. The first-order valence-corrected chi connectivity index (χ1v) is 11.4. The van der Waals surface area contributed by atoms with Gasteiger partial charge in [-0.05, 0) is 43.9 Å². The van der Waals surface area contributed by atoms with Crippen molar-refractivity contribution in [3.63, 3.8) is 0 Å². The zero-order chi connectivity index (χ0) is 23.1. The van der Waals surface area contributed by atoms with Crippen LogP contribution in [0.25, 0.3) is 22.2 Å². The van der Waals surface area contributed by atoms with Gasteiger partial charge in [0.1, 0.15) is 11.6 Å². The number of aliphatic hydroxyl groups excluding tert-OH is 1. The molecule has 1 aromatic carbocycles. The number of hydrogen-bond acceptors (Lipinski definition) is 5. The van der Waals surface area contributed by atoms with Gasteiger partial charge in [0.05, 0.1) is 36.2 Å². The minimum atomic E-state index is -0.499. The van der Waals surface area contributed by atoms with E-state index in [9.17, 15) is 9.50 Å². The summed E-state index contributed by atoms with van der Waals surface area (Å²) in [6.45, 7) is 1.92. The van der Waals surface area contributed by atoms with E-state index >= 15 is 0 Å². The third kappa shape index (κ3) is 3.98. The van der Waals surface area contributed by atoms with Crippen molar-refractivity contribution in [3.8, 4) is 16.9 Å². The van der Waals surface area contributed by atoms with Gasteiger partial charge >= 0.3 is 0 Å². The molecular weight excluding hydrogens is 445 g/mol. The van der Waals surface area contributed by atoms with Crippen molar-refractivity contribution in [2.45, 2.75) is 50.7 Å². The van der Waals surface area contributed by atoms with Gasteiger partial charge < -0.3 is 9.84 Å². The summed E-state index contributed by atoms with van der Waals surface area (Å²) in [7, 11) is 1.53. The minimum Gasteiger partial charge on any atom is -0.496 e. The average molecular weight is 470 g/mol. The number of halogens is 2. The monoisotopic (exact) mass is 469 g/mol. The molecule has 1 saturated carbocycles. The second-order valence-corrected chi connectivity index (χ2v) is 8.98. The van der Waals surface area contributed by atoms with Crippen molar-refractivity contribution in [3.05, 3.63) is 58.9 Å². The number of hydrogen-bond donors (Lipinski definition) is 2. The standard InChI is InChI=1S/C24H25ClFN5O2/c1-13(21-20(33-2)8-7-19(26)22(21)25)23-18-9-14(10-27-24(18)30-29-23)15-11-28-31(12-15)16-3-5-17(32)6-4-16/h7-13,16-17,32H,3-6H2,1-2H3,(H,27,29,30)/t13?,16-,17-. The molecule has 1 atom stereocenters. The maximum Gasteiger partial charge on any atom is 0.155 e. The molecular formula is C24H25ClFN5O2. The SMILES string of the molecule is COc1ccc(F)c(Cl)c1C(C)c1n[nH]c2ncc(-c3cnn([C@H]4CC[C@H](O)CC4)c3)cc12. The lowest BCUT2D eigenvalue weighted by molar-refractivity contribution is 0.108. The Morgan fingerprint density at radius 3 is 2.76 bits per heavy atom. The molecule has 3 aromatic heterocycles. The second-order valence-electron chi connectivity index (χ2n) is 8.60. The van der Waals surface area contributed by atoms with Gasteiger partial charge in [0.25, 0.3) is 0 Å². The Kier molecular flexibility index (Phi) is 5.80. The number of H-pyrrole nitrogens is 1. The van der Waals surface area contributed by atoms with Crippen LogP contribution in [0.5, 0.6) is 5.75 Å². The molecule has 3 heterocycles. The highest BCUT2D eigenvalue weighted by molar-refractivity contribution is 6.31. The van der Waals surface area contributed by atoms with E-state index in [1.54, 1.807) is 12.3 Å². The highest BCUT2D eigenvalue weighted by Gasteiger charge is 2.25. The van der Waals surface area contributed by atoms with Crippen molar-refractivity contribution >= 4 is 22.6 Å². The zero-order valence-electron chi connectivity index (χ0n) is 18.4. The van der Waals surface area contributed by atoms with Crippen LogP contribution in [0.1, 0.15) is 55.8 Å². The summed E-state index contributed by atoms with van der Waals surface area (Å²) in [6, 6.07) is 5.18. The van der Waals surface area contributed by atoms with E-state index in [0.717, 1.165) is 42.2 Å². The fraction of sp³-hybridized carbons (Fsp3) is 0.375. The quantitative estimate of drug-likeness (QED) is 0.416. The van der Waals surface area contributed by atoms with Gasteiger partial charge in [-0.15, -0.1) is 0 Å². The van der Waals surface area contributed by atoms with Gasteiger partial charge in [-0.1, -0.05) is 18.5 Å². The number of aliphatic hydroxyl groups is 1. The Bertz CT molecular complexity index is 1300. The Balaban J connectivity index is 1.50. The Hall–Kier alpha value is -2.97. The van der Waals surface area contributed by atoms with E-state index in [0.29, 0.717) is 28.7 Å². The summed E-state index contributed by atoms with van der Waals surface area (Å²) < 4.78 is 21.7. The molecule has 1 aliphatic carbocycles. The first-order valence-electron chi connectivity index (χ1n) is 11.0. The third-order valence-corrected chi connectivity index (χ3v) is 6.96. The normalized spacial score (nSPS) is 19.7. The van der Waals surface area contributed by atoms with Crippen LogP contribution in [0, 0.1) is 5.82 Å². The van der Waals surface area contributed by atoms with Gasteiger partial charge in [-0.25, -0.2) is 9.37 Å². The summed E-state index contributed by atoms with van der Waals surface area (Å²) in [4.78, 5) is 4.54. The number of ether oxygens (including phenoxy) is 1. The molecule has 7 nitrogen and oxygen atoms in total. The summed E-state index contributed by atoms with van der Waals surface area (Å²) in [5.74, 6) is -0.320. The largest absolute Gasteiger partial charge is 0.496 e. The smallest absolute Gasteiger partial charge is 0.155 e. The fourth-order valence-corrected chi connectivity index (χ4v) is 5.01. The number of nitrogens with one attached hydrogen (secondary N) is 1. The molecule has 172 valence electrons. The van der Waals surface area contributed by atoms with Crippen molar-refractivity contribution < 1.29 is 14.2 Å². The lowest BCUT2D eigenvalue weighted by Crippen LogP contribution is -2.21. The number of fused-ring (bicyclic) bond motifs is 1. The van der Waals surface area contributed by atoms with Crippen LogP contribution in [0.4, 0.5) is 4.39 Å². The van der Waals surface area contributed by atoms with Crippen LogP contribution in [0.3, 0.4) is 0 Å². The third-order valence-electron chi connectivity index (χ3n) is 6.58. The van der Waals surface area contributed by atoms with Crippen molar-refractivity contribution in [2.75, 3.05) is 7.11 Å². The summed E-state index contributed by atoms with van der Waals surface area (Å²) in [5.41, 5.74) is 3.76. The highest BCUT2D eigenvalue weighted by atomic mass is 35.5. The molecule has 2 N–H and O–H groups in total. The molecule has 0 radical (unpaired) electrons. The van der Waals surface area contributed by atoms with Gasteiger partial charge in [-0.2, -0.15) is 10.2 Å². The zero-order valence-corrected chi connectivity index (χ0v) is 19.2. The Morgan fingerprint density at radius 2 is 2.00 bits per heavy atom. The van der Waals surface area contributed by atoms with Crippen molar-refractivity contribution in [1.82, 2.24) is 25.0 Å². The van der Waals surface area contributed by atoms with Gasteiger partial charge in [0, 0.05) is 40.4 Å². The number of methoxy groups -OCH3 is 1. The van der Waals surface area contributed by atoms with Crippen LogP contribution in [0.15, 0.2) is 36.8 Å². The minimum absolute atomic E-state index is 0.0287.